The SMILES string of the molecule is COc1ccc2[nH]cc(CC(=O)N(CCCN(C)C)C3CCS(=O)(=O)C3)c2c1. The number of fused-ring (bicyclic) bond motifs is 1. The van der Waals surface area contributed by atoms with E-state index in [1.165, 1.54) is 0 Å². The predicted molar refractivity (Wildman–Crippen MR) is 110 cm³/mol. The van der Waals surface area contributed by atoms with Gasteiger partial charge in [-0.05, 0) is 57.2 Å². The first-order valence-corrected chi connectivity index (χ1v) is 11.4. The largest absolute Gasteiger partial charge is 0.497 e. The minimum atomic E-state index is -3.05. The number of aromatic nitrogens is 1. The lowest BCUT2D eigenvalue weighted by molar-refractivity contribution is -0.132. The number of sulfone groups is 1. The van der Waals surface area contributed by atoms with E-state index in [4.69, 9.17) is 4.74 Å². The third-order valence-corrected chi connectivity index (χ3v) is 7.04. The standard InChI is InChI=1S/C20H29N3O4S/c1-22(2)8-4-9-23(16-7-10-28(25,26)14-16)20(24)11-15-13-21-19-6-5-17(27-3)12-18(15)19/h5-6,12-13,16,21H,4,7-11,14H2,1-3H3. The normalized spacial score (nSPS) is 18.6. The average molecular weight is 408 g/mol. The summed E-state index contributed by atoms with van der Waals surface area (Å²) in [6.07, 6.45) is 3.44. The third kappa shape index (κ3) is 4.86. The fourth-order valence-electron chi connectivity index (χ4n) is 3.78. The molecular formula is C20H29N3O4S. The zero-order chi connectivity index (χ0) is 20.3. The van der Waals surface area contributed by atoms with Crippen molar-refractivity contribution in [2.24, 2.45) is 0 Å². The van der Waals surface area contributed by atoms with Crippen molar-refractivity contribution in [1.29, 1.82) is 0 Å². The second-order valence-electron chi connectivity index (χ2n) is 7.70. The number of rotatable bonds is 8. The molecule has 0 spiro atoms. The van der Waals surface area contributed by atoms with Crippen LogP contribution in [0.4, 0.5) is 0 Å². The second-order valence-corrected chi connectivity index (χ2v) is 9.93. The van der Waals surface area contributed by atoms with Gasteiger partial charge in [0.2, 0.25) is 5.91 Å². The Morgan fingerprint density at radius 2 is 2.07 bits per heavy atom. The van der Waals surface area contributed by atoms with Gasteiger partial charge in [-0.3, -0.25) is 4.79 Å². The van der Waals surface area contributed by atoms with E-state index in [2.05, 4.69) is 9.88 Å². The van der Waals surface area contributed by atoms with E-state index in [1.54, 1.807) is 12.0 Å². The average Bonchev–Trinajstić information content (AvgIpc) is 3.20. The van der Waals surface area contributed by atoms with Crippen LogP contribution < -0.4 is 4.74 Å². The Labute approximate surface area is 166 Å². The van der Waals surface area contributed by atoms with E-state index in [1.807, 2.05) is 38.5 Å². The topological polar surface area (TPSA) is 82.7 Å². The summed E-state index contributed by atoms with van der Waals surface area (Å²) >= 11 is 0. The highest BCUT2D eigenvalue weighted by molar-refractivity contribution is 7.91. The fraction of sp³-hybridized carbons (Fsp3) is 0.550. The van der Waals surface area contributed by atoms with Gasteiger partial charge in [0.15, 0.2) is 9.84 Å². The molecule has 1 amide bonds. The van der Waals surface area contributed by atoms with Crippen LogP contribution in [0.25, 0.3) is 10.9 Å². The number of hydrogen-bond acceptors (Lipinski definition) is 5. The summed E-state index contributed by atoms with van der Waals surface area (Å²) in [5.41, 5.74) is 1.85. The molecule has 0 saturated carbocycles. The molecule has 1 aliphatic heterocycles. The molecule has 0 bridgehead atoms. The number of hydrogen-bond donors (Lipinski definition) is 1. The quantitative estimate of drug-likeness (QED) is 0.720. The Morgan fingerprint density at radius 3 is 2.71 bits per heavy atom. The van der Waals surface area contributed by atoms with Gasteiger partial charge in [-0.25, -0.2) is 8.42 Å². The molecule has 1 unspecified atom stereocenters. The van der Waals surface area contributed by atoms with Crippen molar-refractivity contribution in [2.45, 2.75) is 25.3 Å². The maximum absolute atomic E-state index is 13.2. The maximum Gasteiger partial charge on any atom is 0.227 e. The predicted octanol–water partition coefficient (Wildman–Crippen LogP) is 1.69. The lowest BCUT2D eigenvalue weighted by Crippen LogP contribution is -2.43. The Hall–Kier alpha value is -2.06. The van der Waals surface area contributed by atoms with Crippen LogP contribution in [0.2, 0.25) is 0 Å². The number of ether oxygens (including phenoxy) is 1. The van der Waals surface area contributed by atoms with Crippen LogP contribution >= 0.6 is 0 Å². The van der Waals surface area contributed by atoms with Gasteiger partial charge < -0.3 is 19.5 Å². The molecule has 154 valence electrons. The molecule has 3 rings (SSSR count). The molecule has 0 radical (unpaired) electrons. The van der Waals surface area contributed by atoms with Crippen LogP contribution in [0.15, 0.2) is 24.4 Å². The van der Waals surface area contributed by atoms with Crippen molar-refractivity contribution in [3.05, 3.63) is 30.0 Å². The van der Waals surface area contributed by atoms with Crippen molar-refractivity contribution in [3.63, 3.8) is 0 Å². The third-order valence-electron chi connectivity index (χ3n) is 5.29. The van der Waals surface area contributed by atoms with Crippen molar-refractivity contribution in [2.75, 3.05) is 45.8 Å². The molecule has 1 aromatic heterocycles. The number of nitrogens with one attached hydrogen (secondary N) is 1. The summed E-state index contributed by atoms with van der Waals surface area (Å²) in [7, 11) is 2.55. The first kappa shape index (κ1) is 20.7. The van der Waals surface area contributed by atoms with Crippen molar-refractivity contribution in [1.82, 2.24) is 14.8 Å². The first-order chi connectivity index (χ1) is 13.3. The molecule has 0 aliphatic carbocycles. The van der Waals surface area contributed by atoms with Crippen LogP contribution in [0, 0.1) is 0 Å². The molecule has 1 N–H and O–H groups in total. The summed E-state index contributed by atoms with van der Waals surface area (Å²) in [5.74, 6) is 0.956. The smallest absolute Gasteiger partial charge is 0.227 e. The number of carbonyl (C=O) groups is 1. The minimum absolute atomic E-state index is 0.0235. The Balaban J connectivity index is 1.78. The van der Waals surface area contributed by atoms with Crippen LogP contribution in [0.1, 0.15) is 18.4 Å². The van der Waals surface area contributed by atoms with E-state index >= 15 is 0 Å². The molecule has 1 atom stereocenters. The van der Waals surface area contributed by atoms with E-state index in [9.17, 15) is 13.2 Å². The fourth-order valence-corrected chi connectivity index (χ4v) is 5.52. The number of benzene rings is 1. The van der Waals surface area contributed by atoms with Crippen LogP contribution in [0.5, 0.6) is 5.75 Å². The van der Waals surface area contributed by atoms with Crippen molar-refractivity contribution < 1.29 is 17.9 Å². The Morgan fingerprint density at radius 1 is 1.29 bits per heavy atom. The lowest BCUT2D eigenvalue weighted by atomic mass is 10.1. The van der Waals surface area contributed by atoms with Gasteiger partial charge in [-0.1, -0.05) is 0 Å². The summed E-state index contributed by atoms with van der Waals surface area (Å²) in [5, 5.41) is 0.958. The van der Waals surface area contributed by atoms with E-state index in [0.29, 0.717) is 13.0 Å². The van der Waals surface area contributed by atoms with Gasteiger partial charge in [-0.2, -0.15) is 0 Å². The summed E-state index contributed by atoms with van der Waals surface area (Å²) in [6.45, 7) is 1.43. The zero-order valence-electron chi connectivity index (χ0n) is 16.8. The first-order valence-electron chi connectivity index (χ1n) is 9.57. The minimum Gasteiger partial charge on any atom is -0.497 e. The highest BCUT2D eigenvalue weighted by Gasteiger charge is 2.34. The Kier molecular flexibility index (Phi) is 6.30. The second kappa shape index (κ2) is 8.53. The monoisotopic (exact) mass is 407 g/mol. The highest BCUT2D eigenvalue weighted by atomic mass is 32.2. The number of aromatic amines is 1. The molecule has 1 saturated heterocycles. The van der Waals surface area contributed by atoms with Crippen molar-refractivity contribution in [3.8, 4) is 5.75 Å². The maximum atomic E-state index is 13.2. The lowest BCUT2D eigenvalue weighted by Gasteiger charge is -2.29. The van der Waals surface area contributed by atoms with E-state index in [0.717, 1.165) is 35.2 Å². The van der Waals surface area contributed by atoms with Gasteiger partial charge in [0, 0.05) is 29.7 Å². The summed E-state index contributed by atoms with van der Waals surface area (Å²) < 4.78 is 29.2. The molecule has 2 aromatic rings. The zero-order valence-corrected chi connectivity index (χ0v) is 17.6. The number of H-pyrrole nitrogens is 1. The number of carbonyl (C=O) groups excluding carboxylic acids is 1. The van der Waals surface area contributed by atoms with Gasteiger partial charge in [0.25, 0.3) is 0 Å². The molecule has 28 heavy (non-hydrogen) atoms. The summed E-state index contributed by atoms with van der Waals surface area (Å²) in [4.78, 5) is 20.2. The molecule has 1 aliphatic rings. The van der Waals surface area contributed by atoms with Gasteiger partial charge in [0.1, 0.15) is 5.75 Å². The van der Waals surface area contributed by atoms with Gasteiger partial charge in [0.05, 0.1) is 25.0 Å². The molecule has 7 nitrogen and oxygen atoms in total. The summed E-state index contributed by atoms with van der Waals surface area (Å²) in [6, 6.07) is 5.51. The van der Waals surface area contributed by atoms with E-state index < -0.39 is 9.84 Å². The Bertz CT molecular complexity index is 936. The molecule has 2 heterocycles. The molecule has 1 aromatic carbocycles. The number of methoxy groups -OCH3 is 1. The van der Waals surface area contributed by atoms with Crippen LogP contribution in [-0.2, 0) is 21.1 Å². The number of nitrogens with zero attached hydrogens (tertiary/aromatic N) is 2. The molecule has 1 fully saturated rings. The molecule has 8 heteroatoms. The van der Waals surface area contributed by atoms with E-state index in [-0.39, 0.29) is 29.9 Å². The van der Waals surface area contributed by atoms with Crippen molar-refractivity contribution >= 4 is 26.6 Å². The van der Waals surface area contributed by atoms with Crippen LogP contribution in [0.3, 0.4) is 0 Å². The van der Waals surface area contributed by atoms with Crippen LogP contribution in [-0.4, -0.2) is 81.0 Å². The number of amides is 1. The van der Waals surface area contributed by atoms with Gasteiger partial charge in [-0.15, -0.1) is 0 Å². The highest BCUT2D eigenvalue weighted by Crippen LogP contribution is 2.25. The van der Waals surface area contributed by atoms with Gasteiger partial charge >= 0.3 is 0 Å². The molecular weight excluding hydrogens is 378 g/mol.